The van der Waals surface area contributed by atoms with Crippen molar-refractivity contribution in [1.82, 2.24) is 5.43 Å². The zero-order valence-corrected chi connectivity index (χ0v) is 12.2. The fraction of sp³-hybridized carbons (Fsp3) is 0.500. The number of amides is 1. The molecule has 1 aromatic rings. The minimum Gasteiger partial charge on any atom is -0.292 e. The average Bonchev–Trinajstić information content (AvgIpc) is 2.96. The van der Waals surface area contributed by atoms with Gasteiger partial charge in [0.25, 0.3) is 5.69 Å². The molecule has 23 heavy (non-hydrogen) atoms. The van der Waals surface area contributed by atoms with E-state index >= 15 is 0 Å². The van der Waals surface area contributed by atoms with E-state index in [4.69, 9.17) is 0 Å². The van der Waals surface area contributed by atoms with Crippen molar-refractivity contribution >= 4 is 17.3 Å². The molecule has 0 aliphatic heterocycles. The summed E-state index contributed by atoms with van der Waals surface area (Å²) in [5.74, 6) is -0.0505. The largest absolute Gasteiger partial charge is 0.416 e. The molecule has 0 heterocycles. The lowest BCUT2D eigenvalue weighted by molar-refractivity contribution is -0.384. The first-order chi connectivity index (χ1) is 10.8. The van der Waals surface area contributed by atoms with E-state index in [1.807, 2.05) is 0 Å². The SMILES string of the molecule is O=C(CC1CCCC1)NNc1ccc(C(F)(F)F)cc1[N+](=O)[O-]. The minimum atomic E-state index is -4.67. The number of alkyl halides is 3. The molecular formula is C14H16F3N3O3. The summed E-state index contributed by atoms with van der Waals surface area (Å²) in [7, 11) is 0. The highest BCUT2D eigenvalue weighted by atomic mass is 19.4. The first kappa shape index (κ1) is 17.0. The molecule has 0 atom stereocenters. The van der Waals surface area contributed by atoms with Gasteiger partial charge in [-0.15, -0.1) is 0 Å². The molecule has 1 aliphatic carbocycles. The Labute approximate surface area is 130 Å². The minimum absolute atomic E-state index is 0.192. The van der Waals surface area contributed by atoms with Crippen LogP contribution in [0, 0.1) is 16.0 Å². The molecule has 1 fully saturated rings. The summed E-state index contributed by atoms with van der Waals surface area (Å²) in [5.41, 5.74) is 2.58. The van der Waals surface area contributed by atoms with Crippen molar-refractivity contribution in [3.8, 4) is 0 Å². The van der Waals surface area contributed by atoms with Gasteiger partial charge in [-0.2, -0.15) is 13.2 Å². The molecule has 126 valence electrons. The smallest absolute Gasteiger partial charge is 0.292 e. The molecule has 1 saturated carbocycles. The Morgan fingerprint density at radius 1 is 1.30 bits per heavy atom. The summed E-state index contributed by atoms with van der Waals surface area (Å²) >= 11 is 0. The van der Waals surface area contributed by atoms with Gasteiger partial charge in [-0.05, 0) is 30.9 Å². The normalized spacial score (nSPS) is 15.4. The quantitative estimate of drug-likeness (QED) is 0.637. The summed E-state index contributed by atoms with van der Waals surface area (Å²) in [4.78, 5) is 21.7. The maximum absolute atomic E-state index is 12.6. The van der Waals surface area contributed by atoms with E-state index < -0.39 is 22.4 Å². The van der Waals surface area contributed by atoms with E-state index in [1.165, 1.54) is 0 Å². The van der Waals surface area contributed by atoms with E-state index in [2.05, 4.69) is 10.9 Å². The van der Waals surface area contributed by atoms with Gasteiger partial charge in [-0.1, -0.05) is 12.8 Å². The van der Waals surface area contributed by atoms with E-state index in [0.29, 0.717) is 18.4 Å². The van der Waals surface area contributed by atoms with E-state index in [-0.39, 0.29) is 11.6 Å². The number of anilines is 1. The molecule has 0 aromatic heterocycles. The molecule has 9 heteroatoms. The number of nitrogens with one attached hydrogen (secondary N) is 2. The fourth-order valence-electron chi connectivity index (χ4n) is 2.63. The van der Waals surface area contributed by atoms with Crippen LogP contribution in [-0.4, -0.2) is 10.8 Å². The van der Waals surface area contributed by atoms with Gasteiger partial charge in [0.15, 0.2) is 0 Å². The lowest BCUT2D eigenvalue weighted by atomic mass is 10.0. The number of nitro groups is 1. The standard InChI is InChI=1S/C14H16F3N3O3/c15-14(16,17)10-5-6-11(12(8-10)20(22)23)18-19-13(21)7-9-3-1-2-4-9/h5-6,8-9,18H,1-4,7H2,(H,19,21). The third kappa shape index (κ3) is 4.57. The van der Waals surface area contributed by atoms with Crippen molar-refractivity contribution in [2.24, 2.45) is 5.92 Å². The number of nitro benzene ring substituents is 1. The van der Waals surface area contributed by atoms with Crippen molar-refractivity contribution in [1.29, 1.82) is 0 Å². The van der Waals surface area contributed by atoms with Gasteiger partial charge >= 0.3 is 6.18 Å². The van der Waals surface area contributed by atoms with Crippen molar-refractivity contribution in [2.75, 3.05) is 5.43 Å². The summed E-state index contributed by atoms with van der Waals surface area (Å²) in [6.07, 6.45) is -0.288. The zero-order chi connectivity index (χ0) is 17.0. The molecule has 0 radical (unpaired) electrons. The Hall–Kier alpha value is -2.32. The maximum atomic E-state index is 12.6. The predicted octanol–water partition coefficient (Wildman–Crippen LogP) is 3.64. The molecule has 0 bridgehead atoms. The molecule has 6 nitrogen and oxygen atoms in total. The van der Waals surface area contributed by atoms with Crippen LogP contribution in [0.4, 0.5) is 24.5 Å². The number of carbonyl (C=O) groups is 1. The van der Waals surface area contributed by atoms with Gasteiger partial charge in [0.2, 0.25) is 5.91 Å². The van der Waals surface area contributed by atoms with Gasteiger partial charge in [-0.3, -0.25) is 25.8 Å². The molecule has 0 unspecified atom stereocenters. The Morgan fingerprint density at radius 2 is 1.96 bits per heavy atom. The predicted molar refractivity (Wildman–Crippen MR) is 76.4 cm³/mol. The monoisotopic (exact) mass is 331 g/mol. The van der Waals surface area contributed by atoms with Crippen LogP contribution < -0.4 is 10.9 Å². The Kier molecular flexibility index (Phi) is 5.07. The van der Waals surface area contributed by atoms with Gasteiger partial charge in [-0.25, -0.2) is 0 Å². The number of benzene rings is 1. The third-order valence-corrected chi connectivity index (χ3v) is 3.81. The summed E-state index contributed by atoms with van der Waals surface area (Å²) in [5, 5.41) is 10.9. The second-order valence-corrected chi connectivity index (χ2v) is 5.51. The highest BCUT2D eigenvalue weighted by Crippen LogP contribution is 2.34. The molecule has 1 aromatic carbocycles. The van der Waals surface area contributed by atoms with Crippen molar-refractivity contribution in [2.45, 2.75) is 38.3 Å². The summed E-state index contributed by atoms with van der Waals surface area (Å²) in [6.45, 7) is 0. The van der Waals surface area contributed by atoms with Crippen LogP contribution in [-0.2, 0) is 11.0 Å². The first-order valence-electron chi connectivity index (χ1n) is 7.18. The lowest BCUT2D eigenvalue weighted by Gasteiger charge is -2.13. The number of rotatable bonds is 5. The Bertz CT molecular complexity index is 599. The molecule has 2 N–H and O–H groups in total. The van der Waals surface area contributed by atoms with Gasteiger partial charge < -0.3 is 0 Å². The van der Waals surface area contributed by atoms with Crippen LogP contribution in [0.15, 0.2) is 18.2 Å². The van der Waals surface area contributed by atoms with Crippen LogP contribution in [0.25, 0.3) is 0 Å². The average molecular weight is 331 g/mol. The Morgan fingerprint density at radius 3 is 2.52 bits per heavy atom. The third-order valence-electron chi connectivity index (χ3n) is 3.81. The second-order valence-electron chi connectivity index (χ2n) is 5.51. The number of hydrazine groups is 1. The van der Waals surface area contributed by atoms with Crippen molar-refractivity contribution in [3.63, 3.8) is 0 Å². The van der Waals surface area contributed by atoms with Crippen molar-refractivity contribution in [3.05, 3.63) is 33.9 Å². The number of hydrogen-bond donors (Lipinski definition) is 2. The molecular weight excluding hydrogens is 315 g/mol. The number of halogens is 3. The first-order valence-corrected chi connectivity index (χ1v) is 7.18. The fourth-order valence-corrected chi connectivity index (χ4v) is 2.63. The number of hydrogen-bond acceptors (Lipinski definition) is 4. The molecule has 1 aliphatic rings. The van der Waals surface area contributed by atoms with Crippen LogP contribution in [0.5, 0.6) is 0 Å². The molecule has 2 rings (SSSR count). The summed E-state index contributed by atoms with van der Waals surface area (Å²) < 4.78 is 37.8. The van der Waals surface area contributed by atoms with Crippen LogP contribution in [0.1, 0.15) is 37.7 Å². The molecule has 0 spiro atoms. The molecule has 0 saturated heterocycles. The van der Waals surface area contributed by atoms with Gasteiger partial charge in [0.05, 0.1) is 10.5 Å². The maximum Gasteiger partial charge on any atom is 0.416 e. The second kappa shape index (κ2) is 6.84. The summed E-state index contributed by atoms with van der Waals surface area (Å²) in [6, 6.07) is 2.08. The lowest BCUT2D eigenvalue weighted by Crippen LogP contribution is -2.30. The number of nitrogens with zero attached hydrogens (tertiary/aromatic N) is 1. The van der Waals surface area contributed by atoms with Crippen LogP contribution >= 0.6 is 0 Å². The highest BCUT2D eigenvalue weighted by molar-refractivity contribution is 5.78. The van der Waals surface area contributed by atoms with Crippen LogP contribution in [0.2, 0.25) is 0 Å². The topological polar surface area (TPSA) is 84.3 Å². The zero-order valence-electron chi connectivity index (χ0n) is 12.2. The van der Waals surface area contributed by atoms with Gasteiger partial charge in [0.1, 0.15) is 5.69 Å². The Balaban J connectivity index is 2.03. The van der Waals surface area contributed by atoms with E-state index in [9.17, 15) is 28.1 Å². The number of carbonyl (C=O) groups excluding carboxylic acids is 1. The molecule has 1 amide bonds. The van der Waals surface area contributed by atoms with E-state index in [0.717, 1.165) is 37.8 Å². The van der Waals surface area contributed by atoms with Crippen molar-refractivity contribution < 1.29 is 22.9 Å². The van der Waals surface area contributed by atoms with E-state index in [1.54, 1.807) is 0 Å². The van der Waals surface area contributed by atoms with Crippen LogP contribution in [0.3, 0.4) is 0 Å². The highest BCUT2D eigenvalue weighted by Gasteiger charge is 2.33. The van der Waals surface area contributed by atoms with Gasteiger partial charge in [0, 0.05) is 12.5 Å².